The molecule has 0 unspecified atom stereocenters. The Morgan fingerprint density at radius 3 is 2.23 bits per heavy atom. The van der Waals surface area contributed by atoms with Gasteiger partial charge in [0, 0.05) is 26.7 Å². The molecule has 31 heavy (non-hydrogen) atoms. The van der Waals surface area contributed by atoms with Gasteiger partial charge in [-0.1, -0.05) is 24.3 Å². The van der Waals surface area contributed by atoms with E-state index >= 15 is 0 Å². The van der Waals surface area contributed by atoms with Crippen molar-refractivity contribution in [2.24, 2.45) is 4.99 Å². The summed E-state index contributed by atoms with van der Waals surface area (Å²) in [7, 11) is 1.61. The van der Waals surface area contributed by atoms with Gasteiger partial charge in [0.25, 0.3) is 5.91 Å². The van der Waals surface area contributed by atoms with E-state index in [-0.39, 0.29) is 36.5 Å². The Morgan fingerprint density at radius 1 is 1.00 bits per heavy atom. The van der Waals surface area contributed by atoms with Crippen molar-refractivity contribution in [1.82, 2.24) is 16.0 Å². The van der Waals surface area contributed by atoms with Crippen LogP contribution in [0.3, 0.4) is 0 Å². The molecule has 10 heteroatoms. The van der Waals surface area contributed by atoms with E-state index in [1.165, 1.54) is 12.1 Å². The molecule has 0 saturated heterocycles. The van der Waals surface area contributed by atoms with Crippen molar-refractivity contribution in [2.45, 2.75) is 26.2 Å². The molecule has 0 aliphatic carbocycles. The first-order chi connectivity index (χ1) is 14.3. The Bertz CT molecular complexity index is 858. The monoisotopic (exact) mass is 550 g/mol. The summed E-state index contributed by atoms with van der Waals surface area (Å²) in [5.41, 5.74) is 0.940. The lowest BCUT2D eigenvalue weighted by molar-refractivity contribution is -0.137. The number of rotatable bonds is 8. The average Bonchev–Trinajstić information content (AvgIpc) is 2.72. The first-order valence-electron chi connectivity index (χ1n) is 9.41. The van der Waals surface area contributed by atoms with Crippen LogP contribution in [0.5, 0.6) is 5.75 Å². The average molecular weight is 550 g/mol. The zero-order valence-electron chi connectivity index (χ0n) is 17.3. The minimum absolute atomic E-state index is 0. The minimum Gasteiger partial charge on any atom is -0.484 e. The molecule has 0 atom stereocenters. The van der Waals surface area contributed by atoms with Crippen molar-refractivity contribution >= 4 is 35.8 Å². The summed E-state index contributed by atoms with van der Waals surface area (Å²) in [5.74, 6) is 0.894. The van der Waals surface area contributed by atoms with Crippen molar-refractivity contribution in [3.63, 3.8) is 0 Å². The zero-order chi connectivity index (χ0) is 22.0. The largest absolute Gasteiger partial charge is 0.484 e. The van der Waals surface area contributed by atoms with E-state index in [0.717, 1.165) is 17.7 Å². The summed E-state index contributed by atoms with van der Waals surface area (Å²) < 4.78 is 43.3. The lowest BCUT2D eigenvalue weighted by Gasteiger charge is -2.13. The lowest BCUT2D eigenvalue weighted by atomic mass is 10.1. The van der Waals surface area contributed by atoms with Gasteiger partial charge in [-0.05, 0) is 42.3 Å². The van der Waals surface area contributed by atoms with E-state index in [1.807, 2.05) is 25.1 Å². The standard InChI is InChI=1S/C21H25F3N4O2.HI/c1-3-26-19(29)14-30-18-6-4-5-16(11-18)13-28-20(25-2)27-12-15-7-9-17(10-8-15)21(22,23)24;/h4-11H,3,12-14H2,1-2H3,(H,26,29)(H2,25,27,28);1H. The second-order valence-corrected chi connectivity index (χ2v) is 6.36. The second kappa shape index (κ2) is 13.0. The highest BCUT2D eigenvalue weighted by Gasteiger charge is 2.29. The number of hydrogen-bond donors (Lipinski definition) is 3. The predicted octanol–water partition coefficient (Wildman–Crippen LogP) is 3.70. The molecule has 0 aliphatic rings. The van der Waals surface area contributed by atoms with Crippen LogP contribution in [0.15, 0.2) is 53.5 Å². The summed E-state index contributed by atoms with van der Waals surface area (Å²) in [6.07, 6.45) is -4.35. The quantitative estimate of drug-likeness (QED) is 0.266. The Labute approximate surface area is 196 Å². The topological polar surface area (TPSA) is 74.8 Å². The number of amides is 1. The molecule has 6 nitrogen and oxygen atoms in total. The number of likely N-dealkylation sites (N-methyl/N-ethyl adjacent to an activating group) is 1. The first-order valence-corrected chi connectivity index (χ1v) is 9.41. The van der Waals surface area contributed by atoms with Crippen LogP contribution in [-0.4, -0.2) is 32.1 Å². The molecule has 0 aliphatic heterocycles. The van der Waals surface area contributed by atoms with Gasteiger partial charge in [-0.3, -0.25) is 9.79 Å². The third kappa shape index (κ3) is 9.45. The number of carbonyl (C=O) groups excluding carboxylic acids is 1. The molecule has 3 N–H and O–H groups in total. The molecule has 0 fully saturated rings. The third-order valence-electron chi connectivity index (χ3n) is 4.07. The summed E-state index contributed by atoms with van der Waals surface area (Å²) in [4.78, 5) is 15.6. The number of ether oxygens (including phenoxy) is 1. The number of alkyl halides is 3. The lowest BCUT2D eigenvalue weighted by Crippen LogP contribution is -2.36. The molecular formula is C21H26F3IN4O2. The number of nitrogens with zero attached hydrogens (tertiary/aromatic N) is 1. The maximum atomic E-state index is 12.6. The van der Waals surface area contributed by atoms with Crippen LogP contribution < -0.4 is 20.7 Å². The van der Waals surface area contributed by atoms with Crippen LogP contribution in [0.2, 0.25) is 0 Å². The number of guanidine groups is 1. The van der Waals surface area contributed by atoms with Gasteiger partial charge >= 0.3 is 6.18 Å². The van der Waals surface area contributed by atoms with E-state index in [2.05, 4.69) is 20.9 Å². The van der Waals surface area contributed by atoms with Crippen molar-refractivity contribution in [2.75, 3.05) is 20.2 Å². The number of benzene rings is 2. The van der Waals surface area contributed by atoms with E-state index in [0.29, 0.717) is 36.9 Å². The molecule has 2 aromatic rings. The summed E-state index contributed by atoms with van der Waals surface area (Å²) in [6, 6.07) is 12.3. The molecule has 0 aromatic heterocycles. The summed E-state index contributed by atoms with van der Waals surface area (Å²) in [6.45, 7) is 3.10. The molecular weight excluding hydrogens is 524 g/mol. The smallest absolute Gasteiger partial charge is 0.416 e. The van der Waals surface area contributed by atoms with Crippen molar-refractivity contribution in [1.29, 1.82) is 0 Å². The Balaban J connectivity index is 0.00000480. The number of nitrogens with one attached hydrogen (secondary N) is 3. The molecule has 0 saturated carbocycles. The van der Waals surface area contributed by atoms with Crippen LogP contribution in [0.25, 0.3) is 0 Å². The molecule has 2 rings (SSSR count). The fraction of sp³-hybridized carbons (Fsp3) is 0.333. The van der Waals surface area contributed by atoms with Gasteiger partial charge in [0.2, 0.25) is 0 Å². The van der Waals surface area contributed by atoms with E-state index < -0.39 is 11.7 Å². The summed E-state index contributed by atoms with van der Waals surface area (Å²) >= 11 is 0. The van der Waals surface area contributed by atoms with E-state index in [4.69, 9.17) is 4.74 Å². The van der Waals surface area contributed by atoms with Crippen LogP contribution in [0, 0.1) is 0 Å². The molecule has 1 amide bonds. The SMILES string of the molecule is CCNC(=O)COc1cccc(CNC(=NC)NCc2ccc(C(F)(F)F)cc2)c1.I. The minimum atomic E-state index is -4.35. The van der Waals surface area contributed by atoms with Crippen molar-refractivity contribution in [3.05, 3.63) is 65.2 Å². The Morgan fingerprint density at radius 2 is 1.65 bits per heavy atom. The van der Waals surface area contributed by atoms with Gasteiger partial charge in [0.15, 0.2) is 12.6 Å². The second-order valence-electron chi connectivity index (χ2n) is 6.36. The van der Waals surface area contributed by atoms with Gasteiger partial charge < -0.3 is 20.7 Å². The highest BCUT2D eigenvalue weighted by molar-refractivity contribution is 14.0. The number of carbonyl (C=O) groups is 1. The van der Waals surface area contributed by atoms with Crippen LogP contribution in [0.4, 0.5) is 13.2 Å². The van der Waals surface area contributed by atoms with Crippen LogP contribution >= 0.6 is 24.0 Å². The maximum Gasteiger partial charge on any atom is 0.416 e. The fourth-order valence-electron chi connectivity index (χ4n) is 2.55. The maximum absolute atomic E-state index is 12.6. The van der Waals surface area contributed by atoms with Gasteiger partial charge in [-0.25, -0.2) is 0 Å². The molecule has 2 aromatic carbocycles. The zero-order valence-corrected chi connectivity index (χ0v) is 19.6. The Kier molecular flexibility index (Phi) is 11.2. The first kappa shape index (κ1) is 26.5. The molecule has 170 valence electrons. The normalized spacial score (nSPS) is 11.3. The van der Waals surface area contributed by atoms with Gasteiger partial charge in [-0.15, -0.1) is 24.0 Å². The highest BCUT2D eigenvalue weighted by Crippen LogP contribution is 2.29. The Hall–Kier alpha value is -2.50. The predicted molar refractivity (Wildman–Crippen MR) is 125 cm³/mol. The fourth-order valence-corrected chi connectivity index (χ4v) is 2.55. The molecule has 0 bridgehead atoms. The number of hydrogen-bond acceptors (Lipinski definition) is 3. The van der Waals surface area contributed by atoms with Crippen molar-refractivity contribution < 1.29 is 22.7 Å². The molecule has 0 radical (unpaired) electrons. The van der Waals surface area contributed by atoms with Crippen molar-refractivity contribution in [3.8, 4) is 5.75 Å². The molecule has 0 spiro atoms. The number of halogens is 4. The van der Waals surface area contributed by atoms with E-state index in [9.17, 15) is 18.0 Å². The van der Waals surface area contributed by atoms with E-state index in [1.54, 1.807) is 13.1 Å². The van der Waals surface area contributed by atoms with Gasteiger partial charge in [-0.2, -0.15) is 13.2 Å². The van der Waals surface area contributed by atoms with Crippen LogP contribution in [0.1, 0.15) is 23.6 Å². The van der Waals surface area contributed by atoms with Gasteiger partial charge in [0.1, 0.15) is 5.75 Å². The van der Waals surface area contributed by atoms with Gasteiger partial charge in [0.05, 0.1) is 5.56 Å². The van der Waals surface area contributed by atoms with Crippen LogP contribution in [-0.2, 0) is 24.1 Å². The molecule has 0 heterocycles. The summed E-state index contributed by atoms with van der Waals surface area (Å²) in [5, 5.41) is 8.84. The number of aliphatic imine (C=N–C) groups is 1. The third-order valence-corrected chi connectivity index (χ3v) is 4.07. The highest BCUT2D eigenvalue weighted by atomic mass is 127.